The Balaban J connectivity index is 0.998. The van der Waals surface area contributed by atoms with E-state index in [4.69, 9.17) is 9.97 Å². The summed E-state index contributed by atoms with van der Waals surface area (Å²) in [6.07, 6.45) is 8.60. The van der Waals surface area contributed by atoms with Gasteiger partial charge < -0.3 is 9.80 Å². The molecule has 0 N–H and O–H groups in total. The molecule has 0 aliphatic heterocycles. The molecule has 0 aliphatic rings. The van der Waals surface area contributed by atoms with Gasteiger partial charge in [0.1, 0.15) is 0 Å². The van der Waals surface area contributed by atoms with E-state index in [9.17, 15) is 0 Å². The van der Waals surface area contributed by atoms with Crippen molar-refractivity contribution in [3.63, 3.8) is 0 Å². The topological polar surface area (TPSA) is 32.3 Å². The average molecular weight is 723 g/mol. The lowest BCUT2D eigenvalue weighted by Crippen LogP contribution is -2.09. The van der Waals surface area contributed by atoms with Crippen LogP contribution in [0.2, 0.25) is 0 Å². The van der Waals surface area contributed by atoms with Gasteiger partial charge in [-0.05, 0) is 133 Å². The SMILES string of the molecule is Cc1cc(/C=C/c2ccc(N(c3ccccc3)c3ccccc3)cc2)cc(-c2cc(/C=C/c3ccc(N(c4ccccc4)c4ccccc4)cc3)cc(C)n2)n1. The molecule has 4 heteroatoms. The highest BCUT2D eigenvalue weighted by Gasteiger charge is 2.13. The number of pyridine rings is 2. The molecular formula is C52H42N4. The van der Waals surface area contributed by atoms with Gasteiger partial charge in [-0.15, -0.1) is 0 Å². The van der Waals surface area contributed by atoms with Crippen molar-refractivity contribution in [2.24, 2.45) is 0 Å². The fourth-order valence-electron chi connectivity index (χ4n) is 6.90. The molecule has 0 spiro atoms. The average Bonchev–Trinajstić information content (AvgIpc) is 3.24. The van der Waals surface area contributed by atoms with Crippen LogP contribution in [-0.2, 0) is 0 Å². The van der Waals surface area contributed by atoms with Gasteiger partial charge in [-0.1, -0.05) is 121 Å². The molecule has 4 nitrogen and oxygen atoms in total. The van der Waals surface area contributed by atoms with Crippen LogP contribution in [0.25, 0.3) is 35.7 Å². The highest BCUT2D eigenvalue weighted by atomic mass is 15.1. The summed E-state index contributed by atoms with van der Waals surface area (Å²) in [5.74, 6) is 0. The highest BCUT2D eigenvalue weighted by Crippen LogP contribution is 2.36. The van der Waals surface area contributed by atoms with Crippen molar-refractivity contribution < 1.29 is 0 Å². The molecule has 0 amide bonds. The standard InChI is InChI=1S/C52H42N4/c1-39-35-43(25-23-41-27-31-49(32-28-41)55(45-15-7-3-8-16-45)46-17-9-4-10-18-46)37-51(53-39)52-38-44(36-40(2)54-52)26-24-42-29-33-50(34-30-42)56(47-19-11-5-12-20-47)48-21-13-6-14-22-48/h3-38H,1-2H3/b25-23+,26-24+. The number of aromatic nitrogens is 2. The molecule has 0 atom stereocenters. The van der Waals surface area contributed by atoms with Crippen LogP contribution < -0.4 is 9.80 Å². The summed E-state index contributed by atoms with van der Waals surface area (Å²) in [6.45, 7) is 4.07. The van der Waals surface area contributed by atoms with E-state index in [0.29, 0.717) is 0 Å². The smallest absolute Gasteiger partial charge is 0.0895 e. The van der Waals surface area contributed by atoms with Crippen molar-refractivity contribution >= 4 is 58.4 Å². The van der Waals surface area contributed by atoms with Crippen LogP contribution in [0.15, 0.2) is 194 Å². The highest BCUT2D eigenvalue weighted by molar-refractivity contribution is 5.80. The third-order valence-corrected chi connectivity index (χ3v) is 9.51. The number of hydrogen-bond donors (Lipinski definition) is 0. The van der Waals surface area contributed by atoms with Gasteiger partial charge in [0.25, 0.3) is 0 Å². The predicted molar refractivity (Wildman–Crippen MR) is 237 cm³/mol. The molecule has 0 radical (unpaired) electrons. The van der Waals surface area contributed by atoms with Gasteiger partial charge >= 0.3 is 0 Å². The van der Waals surface area contributed by atoms with E-state index in [1.54, 1.807) is 0 Å². The zero-order chi connectivity index (χ0) is 38.1. The maximum absolute atomic E-state index is 4.89. The Morgan fingerprint density at radius 3 is 0.875 bits per heavy atom. The molecule has 0 aliphatic carbocycles. The summed E-state index contributed by atoms with van der Waals surface area (Å²) in [5, 5.41) is 0. The minimum Gasteiger partial charge on any atom is -0.311 e. The zero-order valence-corrected chi connectivity index (χ0v) is 31.6. The molecule has 0 bridgehead atoms. The van der Waals surface area contributed by atoms with Gasteiger partial charge in [-0.25, -0.2) is 0 Å². The van der Waals surface area contributed by atoms with Gasteiger partial charge in [0.05, 0.1) is 11.4 Å². The zero-order valence-electron chi connectivity index (χ0n) is 31.6. The summed E-state index contributed by atoms with van der Waals surface area (Å²) in [7, 11) is 0. The first-order chi connectivity index (χ1) is 27.6. The fourth-order valence-corrected chi connectivity index (χ4v) is 6.90. The number of hydrogen-bond acceptors (Lipinski definition) is 4. The summed E-state index contributed by atoms with van der Waals surface area (Å²) in [6, 6.07) is 67.7. The maximum atomic E-state index is 4.89. The van der Waals surface area contributed by atoms with Crippen molar-refractivity contribution in [3.05, 3.63) is 228 Å². The molecule has 270 valence electrons. The van der Waals surface area contributed by atoms with Gasteiger partial charge in [-0.3, -0.25) is 9.97 Å². The quantitative estimate of drug-likeness (QED) is 0.133. The largest absolute Gasteiger partial charge is 0.311 e. The number of nitrogens with zero attached hydrogens (tertiary/aromatic N) is 4. The summed E-state index contributed by atoms with van der Waals surface area (Å²) >= 11 is 0. The second kappa shape index (κ2) is 16.8. The molecule has 6 aromatic carbocycles. The molecule has 0 saturated heterocycles. The number of anilines is 6. The van der Waals surface area contributed by atoms with Crippen molar-refractivity contribution in [2.45, 2.75) is 13.8 Å². The molecule has 8 aromatic rings. The maximum Gasteiger partial charge on any atom is 0.0895 e. The van der Waals surface area contributed by atoms with Gasteiger partial charge in [0.2, 0.25) is 0 Å². The lowest BCUT2D eigenvalue weighted by Gasteiger charge is -2.25. The first-order valence-corrected chi connectivity index (χ1v) is 18.9. The van der Waals surface area contributed by atoms with Gasteiger partial charge in [0, 0.05) is 45.5 Å². The van der Waals surface area contributed by atoms with E-state index in [-0.39, 0.29) is 0 Å². The van der Waals surface area contributed by atoms with E-state index in [1.807, 2.05) is 38.1 Å². The lowest BCUT2D eigenvalue weighted by atomic mass is 10.1. The summed E-state index contributed by atoms with van der Waals surface area (Å²) < 4.78 is 0. The van der Waals surface area contributed by atoms with E-state index in [0.717, 1.165) is 79.2 Å². The van der Waals surface area contributed by atoms with E-state index < -0.39 is 0 Å². The Hall–Kier alpha value is -7.30. The Morgan fingerprint density at radius 2 is 0.571 bits per heavy atom. The Labute approximate surface area is 330 Å². The predicted octanol–water partition coefficient (Wildman–Crippen LogP) is 14.0. The number of rotatable bonds is 11. The Bertz CT molecular complexity index is 2300. The molecule has 8 rings (SSSR count). The van der Waals surface area contributed by atoms with Gasteiger partial charge in [-0.2, -0.15) is 0 Å². The van der Waals surface area contributed by atoms with Crippen molar-refractivity contribution in [1.82, 2.24) is 9.97 Å². The van der Waals surface area contributed by atoms with Crippen LogP contribution in [0.5, 0.6) is 0 Å². The van der Waals surface area contributed by atoms with Crippen LogP contribution in [0.1, 0.15) is 33.6 Å². The fraction of sp³-hybridized carbons (Fsp3) is 0.0385. The van der Waals surface area contributed by atoms with Gasteiger partial charge in [0.15, 0.2) is 0 Å². The van der Waals surface area contributed by atoms with Crippen LogP contribution in [0.4, 0.5) is 34.1 Å². The minimum absolute atomic E-state index is 0.853. The third kappa shape index (κ3) is 8.57. The number of benzene rings is 6. The second-order valence-corrected chi connectivity index (χ2v) is 13.7. The van der Waals surface area contributed by atoms with E-state index in [2.05, 4.69) is 204 Å². The number of para-hydroxylation sites is 4. The minimum atomic E-state index is 0.853. The van der Waals surface area contributed by atoms with Crippen molar-refractivity contribution in [2.75, 3.05) is 9.80 Å². The first-order valence-electron chi connectivity index (χ1n) is 18.9. The van der Waals surface area contributed by atoms with Crippen LogP contribution >= 0.6 is 0 Å². The molecular weight excluding hydrogens is 681 g/mol. The molecule has 0 saturated carbocycles. The van der Waals surface area contributed by atoms with Crippen molar-refractivity contribution in [1.29, 1.82) is 0 Å². The van der Waals surface area contributed by atoms with E-state index >= 15 is 0 Å². The second-order valence-electron chi connectivity index (χ2n) is 13.7. The summed E-state index contributed by atoms with van der Waals surface area (Å²) in [5.41, 5.74) is 14.7. The van der Waals surface area contributed by atoms with Crippen LogP contribution in [0.3, 0.4) is 0 Å². The first kappa shape index (κ1) is 35.7. The van der Waals surface area contributed by atoms with Crippen molar-refractivity contribution in [3.8, 4) is 11.4 Å². The Kier molecular flexibility index (Phi) is 10.7. The third-order valence-electron chi connectivity index (χ3n) is 9.51. The molecule has 56 heavy (non-hydrogen) atoms. The number of aryl methyl sites for hydroxylation is 2. The molecule has 0 fully saturated rings. The molecule has 2 aromatic heterocycles. The molecule has 2 heterocycles. The summed E-state index contributed by atoms with van der Waals surface area (Å²) in [4.78, 5) is 14.3. The van der Waals surface area contributed by atoms with E-state index in [1.165, 1.54) is 0 Å². The van der Waals surface area contributed by atoms with Crippen LogP contribution in [0, 0.1) is 13.8 Å². The molecule has 0 unspecified atom stereocenters. The normalized spacial score (nSPS) is 11.2. The lowest BCUT2D eigenvalue weighted by molar-refractivity contribution is 1.14. The Morgan fingerprint density at radius 1 is 0.304 bits per heavy atom. The van der Waals surface area contributed by atoms with Crippen LogP contribution in [-0.4, -0.2) is 9.97 Å². The monoisotopic (exact) mass is 722 g/mol.